The van der Waals surface area contributed by atoms with Gasteiger partial charge in [-0.2, -0.15) is 0 Å². The van der Waals surface area contributed by atoms with Crippen molar-refractivity contribution in [3.63, 3.8) is 0 Å². The smallest absolute Gasteiger partial charge is 0.115 e. The van der Waals surface area contributed by atoms with Crippen molar-refractivity contribution in [2.24, 2.45) is 17.6 Å². The van der Waals surface area contributed by atoms with Crippen molar-refractivity contribution in [2.45, 2.75) is 45.3 Å². The number of hydrogen-bond acceptors (Lipinski definition) is 1. The first kappa shape index (κ1) is 8.98. The molecule has 1 aliphatic rings. The third kappa shape index (κ3) is 2.16. The van der Waals surface area contributed by atoms with Gasteiger partial charge in [0.2, 0.25) is 0 Å². The van der Waals surface area contributed by atoms with Crippen LogP contribution in [0.1, 0.15) is 33.1 Å². The minimum absolute atomic E-state index is 0.190. The highest BCUT2D eigenvalue weighted by Gasteiger charge is 2.29. The number of halogens is 1. The summed E-state index contributed by atoms with van der Waals surface area (Å²) in [6, 6.07) is -0.190. The molecule has 0 spiro atoms. The average molecular weight is 159 g/mol. The van der Waals surface area contributed by atoms with Crippen LogP contribution in [0.4, 0.5) is 4.39 Å². The fourth-order valence-electron chi connectivity index (χ4n) is 1.77. The molecule has 0 aromatic heterocycles. The maximum Gasteiger partial charge on any atom is 0.115 e. The minimum atomic E-state index is -0.754. The summed E-state index contributed by atoms with van der Waals surface area (Å²) in [7, 11) is 0. The van der Waals surface area contributed by atoms with E-state index in [1.807, 2.05) is 0 Å². The van der Waals surface area contributed by atoms with Crippen LogP contribution in [0.25, 0.3) is 0 Å². The number of alkyl halides is 1. The Labute approximate surface area is 68.2 Å². The first-order chi connectivity index (χ1) is 5.11. The first-order valence-corrected chi connectivity index (χ1v) is 4.51. The Bertz CT molecular complexity index is 125. The fraction of sp³-hybridized carbons (Fsp3) is 1.00. The maximum absolute atomic E-state index is 13.1. The number of rotatable bonds is 1. The van der Waals surface area contributed by atoms with E-state index in [0.717, 1.165) is 12.8 Å². The van der Waals surface area contributed by atoms with Crippen molar-refractivity contribution in [2.75, 3.05) is 0 Å². The van der Waals surface area contributed by atoms with Crippen LogP contribution in [-0.2, 0) is 0 Å². The lowest BCUT2D eigenvalue weighted by Gasteiger charge is -2.31. The molecule has 0 saturated heterocycles. The van der Waals surface area contributed by atoms with Gasteiger partial charge in [-0.3, -0.25) is 0 Å². The Morgan fingerprint density at radius 1 is 1.36 bits per heavy atom. The Morgan fingerprint density at radius 3 is 2.45 bits per heavy atom. The fourth-order valence-corrected chi connectivity index (χ4v) is 1.77. The molecule has 2 heteroatoms. The van der Waals surface area contributed by atoms with Gasteiger partial charge in [-0.05, 0) is 31.1 Å². The van der Waals surface area contributed by atoms with Gasteiger partial charge in [-0.15, -0.1) is 0 Å². The molecule has 2 N–H and O–H groups in total. The third-order valence-electron chi connectivity index (χ3n) is 2.81. The first-order valence-electron chi connectivity index (χ1n) is 4.51. The SMILES string of the molecule is CC(C)[C@@H]1CC[C@H](N)[C@H](F)C1. The van der Waals surface area contributed by atoms with E-state index >= 15 is 0 Å². The average Bonchev–Trinajstić information content (AvgIpc) is 1.94. The van der Waals surface area contributed by atoms with Gasteiger partial charge in [0.15, 0.2) is 0 Å². The second-order valence-corrected chi connectivity index (χ2v) is 4.00. The van der Waals surface area contributed by atoms with E-state index in [2.05, 4.69) is 13.8 Å². The van der Waals surface area contributed by atoms with Gasteiger partial charge in [-0.1, -0.05) is 13.8 Å². The summed E-state index contributed by atoms with van der Waals surface area (Å²) in [5.74, 6) is 1.17. The summed E-state index contributed by atoms with van der Waals surface area (Å²) in [4.78, 5) is 0. The molecule has 0 aliphatic heterocycles. The molecule has 0 radical (unpaired) electrons. The highest BCUT2D eigenvalue weighted by molar-refractivity contribution is 4.83. The van der Waals surface area contributed by atoms with Gasteiger partial charge in [0.05, 0.1) is 0 Å². The zero-order chi connectivity index (χ0) is 8.43. The molecule has 3 atom stereocenters. The van der Waals surface area contributed by atoms with Gasteiger partial charge in [0.1, 0.15) is 6.17 Å². The molecule has 1 aliphatic carbocycles. The van der Waals surface area contributed by atoms with E-state index < -0.39 is 6.17 Å². The molecule has 0 unspecified atom stereocenters. The van der Waals surface area contributed by atoms with Crippen molar-refractivity contribution >= 4 is 0 Å². The van der Waals surface area contributed by atoms with Crippen LogP contribution in [0.5, 0.6) is 0 Å². The summed E-state index contributed by atoms with van der Waals surface area (Å²) >= 11 is 0. The van der Waals surface area contributed by atoms with Crippen molar-refractivity contribution < 1.29 is 4.39 Å². The van der Waals surface area contributed by atoms with Crippen molar-refractivity contribution in [1.82, 2.24) is 0 Å². The van der Waals surface area contributed by atoms with E-state index in [-0.39, 0.29) is 6.04 Å². The van der Waals surface area contributed by atoms with E-state index in [1.165, 1.54) is 0 Å². The van der Waals surface area contributed by atoms with Gasteiger partial charge >= 0.3 is 0 Å². The number of nitrogens with two attached hydrogens (primary N) is 1. The molecule has 0 aromatic carbocycles. The maximum atomic E-state index is 13.1. The third-order valence-corrected chi connectivity index (χ3v) is 2.81. The standard InChI is InChI=1S/C9H18FN/c1-6(2)7-3-4-9(11)8(10)5-7/h6-9H,3-5,11H2,1-2H3/t7-,8-,9+/m1/s1. The highest BCUT2D eigenvalue weighted by atomic mass is 19.1. The minimum Gasteiger partial charge on any atom is -0.325 e. The largest absolute Gasteiger partial charge is 0.325 e. The molecule has 0 aromatic rings. The van der Waals surface area contributed by atoms with E-state index in [4.69, 9.17) is 5.73 Å². The van der Waals surface area contributed by atoms with Crippen molar-refractivity contribution in [1.29, 1.82) is 0 Å². The molecule has 66 valence electrons. The topological polar surface area (TPSA) is 26.0 Å². The van der Waals surface area contributed by atoms with Gasteiger partial charge in [-0.25, -0.2) is 4.39 Å². The molecular weight excluding hydrogens is 141 g/mol. The molecule has 0 bridgehead atoms. The quantitative estimate of drug-likeness (QED) is 0.623. The van der Waals surface area contributed by atoms with E-state index in [1.54, 1.807) is 0 Å². The van der Waals surface area contributed by atoms with Crippen LogP contribution in [0.15, 0.2) is 0 Å². The summed E-state index contributed by atoms with van der Waals surface area (Å²) < 4.78 is 13.1. The van der Waals surface area contributed by atoms with Crippen LogP contribution in [0, 0.1) is 11.8 Å². The van der Waals surface area contributed by atoms with E-state index in [0.29, 0.717) is 18.3 Å². The lowest BCUT2D eigenvalue weighted by Crippen LogP contribution is -2.38. The highest BCUT2D eigenvalue weighted by Crippen LogP contribution is 2.30. The molecule has 1 nitrogen and oxygen atoms in total. The van der Waals surface area contributed by atoms with Crippen LogP contribution in [0.2, 0.25) is 0 Å². The molecule has 0 amide bonds. The summed E-state index contributed by atoms with van der Waals surface area (Å²) in [5, 5.41) is 0. The van der Waals surface area contributed by atoms with Crippen LogP contribution in [0.3, 0.4) is 0 Å². The Balaban J connectivity index is 2.40. The molecule has 1 fully saturated rings. The normalized spacial score (nSPS) is 39.5. The molecule has 0 heterocycles. The van der Waals surface area contributed by atoms with Crippen LogP contribution in [-0.4, -0.2) is 12.2 Å². The second kappa shape index (κ2) is 3.53. The zero-order valence-corrected chi connectivity index (χ0v) is 7.39. The van der Waals surface area contributed by atoms with Gasteiger partial charge < -0.3 is 5.73 Å². The van der Waals surface area contributed by atoms with Gasteiger partial charge in [0, 0.05) is 6.04 Å². The summed E-state index contributed by atoms with van der Waals surface area (Å²) in [6.45, 7) is 4.32. The summed E-state index contributed by atoms with van der Waals surface area (Å²) in [5.41, 5.74) is 5.57. The molecule has 1 saturated carbocycles. The van der Waals surface area contributed by atoms with Crippen LogP contribution < -0.4 is 5.73 Å². The van der Waals surface area contributed by atoms with E-state index in [9.17, 15) is 4.39 Å². The van der Waals surface area contributed by atoms with Crippen LogP contribution >= 0.6 is 0 Å². The summed E-state index contributed by atoms with van der Waals surface area (Å²) in [6.07, 6.45) is 1.90. The predicted molar refractivity (Wildman–Crippen MR) is 45.1 cm³/mol. The predicted octanol–water partition coefficient (Wildman–Crippen LogP) is 2.11. The van der Waals surface area contributed by atoms with Crippen molar-refractivity contribution in [3.05, 3.63) is 0 Å². The van der Waals surface area contributed by atoms with Crippen molar-refractivity contribution in [3.8, 4) is 0 Å². The van der Waals surface area contributed by atoms with Gasteiger partial charge in [0.25, 0.3) is 0 Å². The monoisotopic (exact) mass is 159 g/mol. The lowest BCUT2D eigenvalue weighted by atomic mass is 9.79. The zero-order valence-electron chi connectivity index (χ0n) is 7.39. The molecule has 11 heavy (non-hydrogen) atoms. The molecule has 1 rings (SSSR count). The molecular formula is C9H18FN. The number of hydrogen-bond donors (Lipinski definition) is 1. The lowest BCUT2D eigenvalue weighted by molar-refractivity contribution is 0.144. The Morgan fingerprint density at radius 2 is 2.00 bits per heavy atom. The Hall–Kier alpha value is -0.110. The second-order valence-electron chi connectivity index (χ2n) is 4.00. The Kier molecular flexibility index (Phi) is 2.88.